The van der Waals surface area contributed by atoms with Gasteiger partial charge in [-0.1, -0.05) is 11.6 Å². The van der Waals surface area contributed by atoms with E-state index in [0.717, 1.165) is 5.56 Å². The molecule has 4 nitrogen and oxygen atoms in total. The number of hydrogen-bond donors (Lipinski definition) is 0. The third kappa shape index (κ3) is 2.96. The lowest BCUT2D eigenvalue weighted by Gasteiger charge is -2.05. The molecule has 0 amide bonds. The van der Waals surface area contributed by atoms with Crippen LogP contribution in [0.2, 0.25) is 5.15 Å². The van der Waals surface area contributed by atoms with Crippen molar-refractivity contribution in [1.82, 2.24) is 19.7 Å². The zero-order valence-corrected chi connectivity index (χ0v) is 13.2. The lowest BCUT2D eigenvalue weighted by molar-refractivity contribution is 0.621. The van der Waals surface area contributed by atoms with E-state index in [2.05, 4.69) is 31.0 Å². The molecule has 7 heteroatoms. The molecule has 21 heavy (non-hydrogen) atoms. The van der Waals surface area contributed by atoms with E-state index in [9.17, 15) is 4.39 Å². The fourth-order valence-electron chi connectivity index (χ4n) is 1.88. The largest absolute Gasteiger partial charge is 0.275 e. The van der Waals surface area contributed by atoms with Crippen molar-refractivity contribution in [2.24, 2.45) is 7.05 Å². The molecule has 3 aromatic rings. The van der Waals surface area contributed by atoms with Crippen molar-refractivity contribution < 1.29 is 4.39 Å². The Bertz CT molecular complexity index is 818. The molecule has 0 unspecified atom stereocenters. The maximum atomic E-state index is 13.3. The van der Waals surface area contributed by atoms with Crippen LogP contribution >= 0.6 is 27.5 Å². The van der Waals surface area contributed by atoms with Crippen LogP contribution in [0.1, 0.15) is 0 Å². The first-order chi connectivity index (χ1) is 10.0. The van der Waals surface area contributed by atoms with E-state index < -0.39 is 0 Å². The Morgan fingerprint density at radius 2 is 2.00 bits per heavy atom. The highest BCUT2D eigenvalue weighted by atomic mass is 79.9. The van der Waals surface area contributed by atoms with Crippen LogP contribution in [0.5, 0.6) is 0 Å². The van der Waals surface area contributed by atoms with E-state index in [4.69, 9.17) is 11.6 Å². The second-order valence-corrected chi connectivity index (χ2v) is 5.67. The zero-order valence-electron chi connectivity index (χ0n) is 10.9. The molecule has 2 heterocycles. The average Bonchev–Trinajstić information content (AvgIpc) is 2.88. The molecule has 0 aliphatic rings. The molecule has 0 bridgehead atoms. The summed E-state index contributed by atoms with van der Waals surface area (Å²) in [5, 5.41) is 4.43. The van der Waals surface area contributed by atoms with Crippen molar-refractivity contribution in [3.8, 4) is 22.6 Å². The van der Waals surface area contributed by atoms with Crippen molar-refractivity contribution in [2.75, 3.05) is 0 Å². The van der Waals surface area contributed by atoms with E-state index in [-0.39, 0.29) is 5.82 Å². The predicted molar refractivity (Wildman–Crippen MR) is 82.3 cm³/mol. The van der Waals surface area contributed by atoms with Gasteiger partial charge in [0, 0.05) is 30.4 Å². The van der Waals surface area contributed by atoms with E-state index in [0.29, 0.717) is 26.7 Å². The van der Waals surface area contributed by atoms with Crippen LogP contribution in [0.15, 0.2) is 41.1 Å². The van der Waals surface area contributed by atoms with Crippen molar-refractivity contribution in [3.63, 3.8) is 0 Å². The van der Waals surface area contributed by atoms with Crippen LogP contribution in [0.3, 0.4) is 0 Å². The van der Waals surface area contributed by atoms with Crippen LogP contribution in [0.25, 0.3) is 22.6 Å². The standard InChI is InChI=1S/C14H9BrClFN4/c1-21-7-9(6-18-21)12-5-13(16)20-14(19-12)8-2-3-11(17)10(15)4-8/h2-7H,1H3. The smallest absolute Gasteiger partial charge is 0.161 e. The highest BCUT2D eigenvalue weighted by Crippen LogP contribution is 2.26. The van der Waals surface area contributed by atoms with Gasteiger partial charge in [0.1, 0.15) is 11.0 Å². The van der Waals surface area contributed by atoms with Gasteiger partial charge in [-0.2, -0.15) is 5.10 Å². The molecular weight excluding hydrogens is 359 g/mol. The number of benzene rings is 1. The highest BCUT2D eigenvalue weighted by molar-refractivity contribution is 9.10. The van der Waals surface area contributed by atoms with Crippen molar-refractivity contribution in [3.05, 3.63) is 52.1 Å². The minimum absolute atomic E-state index is 0.319. The molecule has 0 saturated heterocycles. The van der Waals surface area contributed by atoms with Gasteiger partial charge in [0.15, 0.2) is 5.82 Å². The first-order valence-electron chi connectivity index (χ1n) is 6.02. The maximum absolute atomic E-state index is 13.3. The minimum Gasteiger partial charge on any atom is -0.275 e. The highest BCUT2D eigenvalue weighted by Gasteiger charge is 2.10. The zero-order chi connectivity index (χ0) is 15.0. The third-order valence-corrected chi connectivity index (χ3v) is 3.67. The second-order valence-electron chi connectivity index (χ2n) is 4.43. The molecule has 0 fully saturated rings. The third-order valence-electron chi connectivity index (χ3n) is 2.87. The molecule has 0 aliphatic carbocycles. The van der Waals surface area contributed by atoms with E-state index >= 15 is 0 Å². The lowest BCUT2D eigenvalue weighted by Crippen LogP contribution is -1.93. The normalized spacial score (nSPS) is 10.9. The number of aromatic nitrogens is 4. The van der Waals surface area contributed by atoms with Gasteiger partial charge in [-0.15, -0.1) is 0 Å². The summed E-state index contributed by atoms with van der Waals surface area (Å²) in [6.45, 7) is 0. The summed E-state index contributed by atoms with van der Waals surface area (Å²) in [6, 6.07) is 6.25. The number of hydrogen-bond acceptors (Lipinski definition) is 3. The number of nitrogens with zero attached hydrogens (tertiary/aromatic N) is 4. The summed E-state index contributed by atoms with van der Waals surface area (Å²) in [4.78, 5) is 8.66. The molecule has 0 radical (unpaired) electrons. The number of halogens is 3. The Morgan fingerprint density at radius 1 is 1.19 bits per heavy atom. The maximum Gasteiger partial charge on any atom is 0.161 e. The van der Waals surface area contributed by atoms with E-state index in [1.54, 1.807) is 29.1 Å². The van der Waals surface area contributed by atoms with Gasteiger partial charge in [0.2, 0.25) is 0 Å². The Morgan fingerprint density at radius 3 is 2.67 bits per heavy atom. The number of rotatable bonds is 2. The van der Waals surface area contributed by atoms with Crippen molar-refractivity contribution in [1.29, 1.82) is 0 Å². The summed E-state index contributed by atoms with van der Waals surface area (Å²) in [6.07, 6.45) is 3.53. The van der Waals surface area contributed by atoms with Gasteiger partial charge in [-0.05, 0) is 34.1 Å². The molecule has 2 aromatic heterocycles. The van der Waals surface area contributed by atoms with Gasteiger partial charge in [-0.25, -0.2) is 14.4 Å². The summed E-state index contributed by atoms with van der Waals surface area (Å²) in [5.41, 5.74) is 2.18. The van der Waals surface area contributed by atoms with Crippen LogP contribution in [0, 0.1) is 5.82 Å². The molecule has 0 spiro atoms. The number of aryl methyl sites for hydroxylation is 1. The Balaban J connectivity index is 2.11. The molecule has 3 rings (SSSR count). The Labute approximate surface area is 133 Å². The fourth-order valence-corrected chi connectivity index (χ4v) is 2.45. The Hall–Kier alpha value is -1.79. The topological polar surface area (TPSA) is 43.6 Å². The van der Waals surface area contributed by atoms with Gasteiger partial charge in [-0.3, -0.25) is 4.68 Å². The van der Waals surface area contributed by atoms with Crippen LogP contribution in [-0.2, 0) is 7.05 Å². The summed E-state index contributed by atoms with van der Waals surface area (Å²) >= 11 is 9.22. The van der Waals surface area contributed by atoms with Gasteiger partial charge < -0.3 is 0 Å². The first kappa shape index (κ1) is 14.2. The minimum atomic E-state index is -0.340. The summed E-state index contributed by atoms with van der Waals surface area (Å²) in [5.74, 6) is 0.0929. The van der Waals surface area contributed by atoms with E-state index in [1.807, 2.05) is 13.2 Å². The van der Waals surface area contributed by atoms with E-state index in [1.165, 1.54) is 6.07 Å². The molecule has 1 aromatic carbocycles. The van der Waals surface area contributed by atoms with Gasteiger partial charge in [0.25, 0.3) is 0 Å². The SMILES string of the molecule is Cn1cc(-c2cc(Cl)nc(-c3ccc(F)c(Br)c3)n2)cn1. The molecule has 0 N–H and O–H groups in total. The molecule has 0 atom stereocenters. The second kappa shape index (κ2) is 5.54. The fraction of sp³-hybridized carbons (Fsp3) is 0.0714. The summed E-state index contributed by atoms with van der Waals surface area (Å²) in [7, 11) is 1.82. The van der Waals surface area contributed by atoms with Crippen LogP contribution < -0.4 is 0 Å². The molecular formula is C14H9BrClFN4. The summed E-state index contributed by atoms with van der Waals surface area (Å²) < 4.78 is 15.3. The van der Waals surface area contributed by atoms with Gasteiger partial charge in [0.05, 0.1) is 16.4 Å². The Kier molecular flexibility index (Phi) is 3.73. The first-order valence-corrected chi connectivity index (χ1v) is 7.19. The monoisotopic (exact) mass is 366 g/mol. The average molecular weight is 368 g/mol. The van der Waals surface area contributed by atoms with Crippen LogP contribution in [-0.4, -0.2) is 19.7 Å². The van der Waals surface area contributed by atoms with Crippen LogP contribution in [0.4, 0.5) is 4.39 Å². The van der Waals surface area contributed by atoms with Crippen molar-refractivity contribution in [2.45, 2.75) is 0 Å². The molecule has 0 aliphatic heterocycles. The molecule has 0 saturated carbocycles. The predicted octanol–water partition coefficient (Wildman–Crippen LogP) is 4.10. The van der Waals surface area contributed by atoms with Crippen molar-refractivity contribution >= 4 is 27.5 Å². The quantitative estimate of drug-likeness (QED) is 0.641. The lowest BCUT2D eigenvalue weighted by atomic mass is 10.2. The van der Waals surface area contributed by atoms with Gasteiger partial charge >= 0.3 is 0 Å². The molecule has 106 valence electrons.